The highest BCUT2D eigenvalue weighted by Gasteiger charge is 2.35. The summed E-state index contributed by atoms with van der Waals surface area (Å²) < 4.78 is 1.77. The van der Waals surface area contributed by atoms with Gasteiger partial charge in [0.1, 0.15) is 5.01 Å². The van der Waals surface area contributed by atoms with Gasteiger partial charge >= 0.3 is 0 Å². The van der Waals surface area contributed by atoms with E-state index in [-0.39, 0.29) is 17.7 Å². The SMILES string of the molecule is CC(C)c1nnc(NC(=O)[C@H]2CNC[C@@H]2c2cnn(C)c2)s1. The fraction of sp³-hybridized carbons (Fsp3) is 0.571. The van der Waals surface area contributed by atoms with Gasteiger partial charge in [-0.25, -0.2) is 0 Å². The van der Waals surface area contributed by atoms with Crippen molar-refractivity contribution in [1.29, 1.82) is 0 Å². The van der Waals surface area contributed by atoms with E-state index in [4.69, 9.17) is 0 Å². The lowest BCUT2D eigenvalue weighted by Gasteiger charge is -2.15. The van der Waals surface area contributed by atoms with Crippen LogP contribution in [-0.4, -0.2) is 39.0 Å². The molecule has 0 saturated carbocycles. The molecule has 2 atom stereocenters. The normalized spacial score (nSPS) is 21.5. The van der Waals surface area contributed by atoms with Gasteiger partial charge in [-0.15, -0.1) is 10.2 Å². The highest BCUT2D eigenvalue weighted by atomic mass is 32.1. The number of nitrogens with one attached hydrogen (secondary N) is 2. The van der Waals surface area contributed by atoms with Gasteiger partial charge in [0.2, 0.25) is 11.0 Å². The molecule has 0 radical (unpaired) electrons. The second-order valence-electron chi connectivity index (χ2n) is 5.91. The predicted molar refractivity (Wildman–Crippen MR) is 84.9 cm³/mol. The minimum Gasteiger partial charge on any atom is -0.315 e. The molecular weight excluding hydrogens is 300 g/mol. The molecule has 0 aliphatic carbocycles. The third-order valence-electron chi connectivity index (χ3n) is 3.87. The molecule has 8 heteroatoms. The molecule has 2 aromatic rings. The Balaban J connectivity index is 1.70. The van der Waals surface area contributed by atoms with Crippen molar-refractivity contribution < 1.29 is 4.79 Å². The fourth-order valence-corrected chi connectivity index (χ4v) is 3.40. The van der Waals surface area contributed by atoms with Crippen molar-refractivity contribution in [2.45, 2.75) is 25.7 Å². The van der Waals surface area contributed by atoms with Crippen LogP contribution in [0.25, 0.3) is 0 Å². The molecule has 7 nitrogen and oxygen atoms in total. The predicted octanol–water partition coefficient (Wildman–Crippen LogP) is 1.34. The van der Waals surface area contributed by atoms with E-state index in [1.807, 2.05) is 19.4 Å². The van der Waals surface area contributed by atoms with Crippen LogP contribution in [0.1, 0.15) is 36.3 Å². The van der Waals surface area contributed by atoms with Gasteiger partial charge < -0.3 is 10.6 Å². The van der Waals surface area contributed by atoms with Crippen LogP contribution in [0.15, 0.2) is 12.4 Å². The van der Waals surface area contributed by atoms with Crippen LogP contribution in [0.5, 0.6) is 0 Å². The highest BCUT2D eigenvalue weighted by Crippen LogP contribution is 2.29. The third kappa shape index (κ3) is 3.02. The van der Waals surface area contributed by atoms with Gasteiger partial charge in [0, 0.05) is 38.2 Å². The molecule has 0 spiro atoms. The van der Waals surface area contributed by atoms with Gasteiger partial charge in [0.05, 0.1) is 12.1 Å². The molecule has 2 aromatic heterocycles. The van der Waals surface area contributed by atoms with E-state index < -0.39 is 0 Å². The minimum atomic E-state index is -0.115. The Morgan fingerprint density at radius 2 is 2.27 bits per heavy atom. The molecule has 1 aliphatic rings. The zero-order valence-electron chi connectivity index (χ0n) is 12.9. The van der Waals surface area contributed by atoms with Crippen molar-refractivity contribution in [3.05, 3.63) is 23.0 Å². The topological polar surface area (TPSA) is 84.7 Å². The maximum absolute atomic E-state index is 12.5. The molecule has 3 rings (SSSR count). The molecule has 118 valence electrons. The largest absolute Gasteiger partial charge is 0.315 e. The van der Waals surface area contributed by atoms with E-state index in [9.17, 15) is 4.79 Å². The van der Waals surface area contributed by atoms with Crippen LogP contribution in [-0.2, 0) is 11.8 Å². The Morgan fingerprint density at radius 1 is 1.45 bits per heavy atom. The van der Waals surface area contributed by atoms with Gasteiger partial charge in [-0.3, -0.25) is 9.48 Å². The Bertz CT molecular complexity index is 664. The van der Waals surface area contributed by atoms with E-state index in [0.717, 1.165) is 17.1 Å². The number of carbonyl (C=O) groups excluding carboxylic acids is 1. The van der Waals surface area contributed by atoms with Crippen molar-refractivity contribution in [2.75, 3.05) is 18.4 Å². The van der Waals surface area contributed by atoms with E-state index in [1.54, 1.807) is 4.68 Å². The molecule has 1 aliphatic heterocycles. The summed E-state index contributed by atoms with van der Waals surface area (Å²) in [6, 6.07) is 0. The number of aromatic nitrogens is 4. The van der Waals surface area contributed by atoms with Crippen molar-refractivity contribution in [2.24, 2.45) is 13.0 Å². The van der Waals surface area contributed by atoms with E-state index in [1.165, 1.54) is 11.3 Å². The van der Waals surface area contributed by atoms with Gasteiger partial charge in [-0.1, -0.05) is 25.2 Å². The van der Waals surface area contributed by atoms with Gasteiger partial charge in [-0.05, 0) is 5.56 Å². The van der Waals surface area contributed by atoms with Gasteiger partial charge in [0.15, 0.2) is 0 Å². The summed E-state index contributed by atoms with van der Waals surface area (Å²) in [6.07, 6.45) is 3.81. The number of aryl methyl sites for hydroxylation is 1. The standard InChI is InChI=1S/C14H20N6OS/c1-8(2)13-18-19-14(22-13)17-12(21)11-6-15-5-10(11)9-4-16-20(3)7-9/h4,7-8,10-11,15H,5-6H2,1-3H3,(H,17,19,21)/t10-,11+/m1/s1. The minimum absolute atomic E-state index is 0.00897. The number of nitrogens with zero attached hydrogens (tertiary/aromatic N) is 4. The summed E-state index contributed by atoms with van der Waals surface area (Å²) in [7, 11) is 1.88. The Morgan fingerprint density at radius 3 is 2.91 bits per heavy atom. The number of carbonyl (C=O) groups is 1. The second kappa shape index (κ2) is 6.13. The second-order valence-corrected chi connectivity index (χ2v) is 6.92. The molecule has 1 fully saturated rings. The molecule has 1 saturated heterocycles. The van der Waals surface area contributed by atoms with E-state index in [2.05, 4.69) is 39.8 Å². The van der Waals surface area contributed by atoms with Crippen molar-refractivity contribution >= 4 is 22.4 Å². The molecular formula is C14H20N6OS. The number of hydrogen-bond donors (Lipinski definition) is 2. The third-order valence-corrected chi connectivity index (χ3v) is 5.01. The van der Waals surface area contributed by atoms with Crippen LogP contribution >= 0.6 is 11.3 Å². The van der Waals surface area contributed by atoms with Crippen LogP contribution in [0.4, 0.5) is 5.13 Å². The molecule has 3 heterocycles. The molecule has 1 amide bonds. The lowest BCUT2D eigenvalue weighted by atomic mass is 9.90. The highest BCUT2D eigenvalue weighted by molar-refractivity contribution is 7.15. The van der Waals surface area contributed by atoms with Crippen molar-refractivity contribution in [1.82, 2.24) is 25.3 Å². The van der Waals surface area contributed by atoms with Gasteiger partial charge in [-0.2, -0.15) is 5.10 Å². The van der Waals surface area contributed by atoms with Crippen LogP contribution in [0.3, 0.4) is 0 Å². The first kappa shape index (κ1) is 15.1. The first-order chi connectivity index (χ1) is 10.5. The molecule has 0 unspecified atom stereocenters. The average Bonchev–Trinajstić information content (AvgIpc) is 3.16. The Kier molecular flexibility index (Phi) is 4.21. The first-order valence-electron chi connectivity index (χ1n) is 7.38. The maximum atomic E-state index is 12.5. The van der Waals surface area contributed by atoms with Crippen LogP contribution in [0.2, 0.25) is 0 Å². The summed E-state index contributed by atoms with van der Waals surface area (Å²) in [5.74, 6) is 0.339. The monoisotopic (exact) mass is 320 g/mol. The summed E-state index contributed by atoms with van der Waals surface area (Å²) in [5, 5.41) is 20.1. The average molecular weight is 320 g/mol. The number of hydrogen-bond acceptors (Lipinski definition) is 6. The lowest BCUT2D eigenvalue weighted by molar-refractivity contribution is -0.119. The fourth-order valence-electron chi connectivity index (χ4n) is 2.65. The number of rotatable bonds is 4. The summed E-state index contributed by atoms with van der Waals surface area (Å²) >= 11 is 1.44. The zero-order valence-corrected chi connectivity index (χ0v) is 13.7. The molecule has 0 bridgehead atoms. The summed E-state index contributed by atoms with van der Waals surface area (Å²) in [4.78, 5) is 12.5. The molecule has 22 heavy (non-hydrogen) atoms. The van der Waals surface area contributed by atoms with Crippen LogP contribution < -0.4 is 10.6 Å². The lowest BCUT2D eigenvalue weighted by Crippen LogP contribution is -2.28. The number of amides is 1. The zero-order chi connectivity index (χ0) is 15.7. The Labute approximate surface area is 133 Å². The Hall–Kier alpha value is -1.80. The quantitative estimate of drug-likeness (QED) is 0.888. The molecule has 0 aromatic carbocycles. The first-order valence-corrected chi connectivity index (χ1v) is 8.19. The maximum Gasteiger partial charge on any atom is 0.231 e. The van der Waals surface area contributed by atoms with E-state index in [0.29, 0.717) is 17.6 Å². The molecule has 2 N–H and O–H groups in total. The number of anilines is 1. The smallest absolute Gasteiger partial charge is 0.231 e. The summed E-state index contributed by atoms with van der Waals surface area (Å²) in [6.45, 7) is 5.58. The van der Waals surface area contributed by atoms with Crippen molar-refractivity contribution in [3.8, 4) is 0 Å². The van der Waals surface area contributed by atoms with Crippen LogP contribution in [0, 0.1) is 5.92 Å². The van der Waals surface area contributed by atoms with E-state index >= 15 is 0 Å². The van der Waals surface area contributed by atoms with Gasteiger partial charge in [0.25, 0.3) is 0 Å². The summed E-state index contributed by atoms with van der Waals surface area (Å²) in [5.41, 5.74) is 1.09. The van der Waals surface area contributed by atoms with Crippen molar-refractivity contribution in [3.63, 3.8) is 0 Å².